The third-order valence-electron chi connectivity index (χ3n) is 8.54. The maximum absolute atomic E-state index is 11.8. The molecule has 4 aliphatic rings. The largest absolute Gasteiger partial charge is 0.393 e. The number of carbonyl (C=O) groups excluding carboxylic acids is 1. The maximum Gasteiger partial charge on any atom is 0.178 e. The fourth-order valence-electron chi connectivity index (χ4n) is 7.28. The van der Waals surface area contributed by atoms with Crippen molar-refractivity contribution >= 4 is 5.78 Å². The highest BCUT2D eigenvalue weighted by Gasteiger charge is 2.62. The highest BCUT2D eigenvalue weighted by Crippen LogP contribution is 2.66. The number of aliphatic hydroxyl groups is 1. The van der Waals surface area contributed by atoms with Crippen LogP contribution < -0.4 is 0 Å². The zero-order chi connectivity index (χ0) is 17.3. The summed E-state index contributed by atoms with van der Waals surface area (Å²) in [5, 5.41) is 11.2. The Bertz CT molecular complexity index is 615. The molecule has 0 aromatic carbocycles. The Labute approximate surface area is 146 Å². The minimum atomic E-state index is -0.208. The summed E-state index contributed by atoms with van der Waals surface area (Å²) < 4.78 is 0. The van der Waals surface area contributed by atoms with Crippen molar-refractivity contribution in [2.75, 3.05) is 0 Å². The van der Waals surface area contributed by atoms with Crippen LogP contribution in [0.1, 0.15) is 59.8 Å². The summed E-state index contributed by atoms with van der Waals surface area (Å²) in [6.07, 6.45) is 11.3. The molecule has 3 saturated carbocycles. The maximum atomic E-state index is 11.8. The van der Waals surface area contributed by atoms with Gasteiger partial charge in [0.25, 0.3) is 0 Å². The van der Waals surface area contributed by atoms with Crippen molar-refractivity contribution in [2.45, 2.75) is 65.9 Å². The fraction of sp³-hybridized carbons (Fsp3) is 0.773. The van der Waals surface area contributed by atoms with Crippen LogP contribution in [-0.4, -0.2) is 17.0 Å². The molecule has 0 radical (unpaired) electrons. The Morgan fingerprint density at radius 2 is 1.92 bits per heavy atom. The summed E-state index contributed by atoms with van der Waals surface area (Å²) in [5.74, 6) is 3.26. The second-order valence-corrected chi connectivity index (χ2v) is 9.65. The lowest BCUT2D eigenvalue weighted by Gasteiger charge is -2.59. The monoisotopic (exact) mass is 328 g/mol. The zero-order valence-corrected chi connectivity index (χ0v) is 15.6. The summed E-state index contributed by atoms with van der Waals surface area (Å²) >= 11 is 0. The lowest BCUT2D eigenvalue weighted by molar-refractivity contribution is -0.130. The van der Waals surface area contributed by atoms with Crippen LogP contribution in [0.2, 0.25) is 0 Å². The molecule has 3 fully saturated rings. The molecule has 24 heavy (non-hydrogen) atoms. The molecule has 4 aliphatic carbocycles. The summed E-state index contributed by atoms with van der Waals surface area (Å²) in [7, 11) is 0. The highest BCUT2D eigenvalue weighted by molar-refractivity contribution is 6.01. The zero-order valence-electron chi connectivity index (χ0n) is 15.6. The lowest BCUT2D eigenvalue weighted by Crippen LogP contribution is -2.56. The number of carbonyl (C=O) groups is 1. The third-order valence-corrected chi connectivity index (χ3v) is 8.54. The topological polar surface area (TPSA) is 37.3 Å². The summed E-state index contributed by atoms with van der Waals surface area (Å²) in [5.41, 5.74) is 1.38. The van der Waals surface area contributed by atoms with Gasteiger partial charge in [0.1, 0.15) is 0 Å². The molecule has 1 N–H and O–H groups in total. The predicted octanol–water partition coefficient (Wildman–Crippen LogP) is 4.54. The van der Waals surface area contributed by atoms with Crippen molar-refractivity contribution in [3.05, 3.63) is 23.8 Å². The Balaban J connectivity index is 1.72. The average molecular weight is 328 g/mol. The molecule has 7 atom stereocenters. The van der Waals surface area contributed by atoms with Gasteiger partial charge in [0.15, 0.2) is 5.78 Å². The number of allylic oxidation sites excluding steroid dienone is 4. The Morgan fingerprint density at radius 1 is 1.17 bits per heavy atom. The van der Waals surface area contributed by atoms with Crippen LogP contribution in [0, 0.1) is 40.4 Å². The molecule has 0 unspecified atom stereocenters. The molecule has 0 heterocycles. The van der Waals surface area contributed by atoms with Crippen LogP contribution in [0.25, 0.3) is 0 Å². The van der Waals surface area contributed by atoms with E-state index in [4.69, 9.17) is 0 Å². The average Bonchev–Trinajstić information content (AvgIpc) is 2.88. The first-order chi connectivity index (χ1) is 11.3. The number of hydrogen-bond acceptors (Lipinski definition) is 2. The van der Waals surface area contributed by atoms with Crippen molar-refractivity contribution in [1.29, 1.82) is 0 Å². The van der Waals surface area contributed by atoms with Gasteiger partial charge in [-0.2, -0.15) is 0 Å². The molecule has 0 aromatic rings. The molecule has 4 rings (SSSR count). The van der Waals surface area contributed by atoms with Gasteiger partial charge in [-0.15, -0.1) is 0 Å². The fourth-order valence-corrected chi connectivity index (χ4v) is 7.28. The second-order valence-electron chi connectivity index (χ2n) is 9.65. The van der Waals surface area contributed by atoms with Gasteiger partial charge in [-0.25, -0.2) is 0 Å². The minimum Gasteiger partial charge on any atom is -0.393 e. The van der Waals surface area contributed by atoms with E-state index in [1.165, 1.54) is 24.8 Å². The van der Waals surface area contributed by atoms with Gasteiger partial charge in [-0.1, -0.05) is 39.3 Å². The van der Waals surface area contributed by atoms with Crippen molar-refractivity contribution in [3.63, 3.8) is 0 Å². The SMILES string of the molecule is CC(C)[C@H]1CC[C@H]2[C@@H]3CCC4=CC(=O)C=C[C@]4(C)[C@H]3C[C@H](O)[C@]12C. The van der Waals surface area contributed by atoms with Gasteiger partial charge >= 0.3 is 0 Å². The number of aliphatic hydroxyl groups excluding tert-OH is 1. The van der Waals surface area contributed by atoms with Gasteiger partial charge in [0, 0.05) is 5.41 Å². The van der Waals surface area contributed by atoms with Gasteiger partial charge in [0.05, 0.1) is 6.10 Å². The Hall–Kier alpha value is -0.890. The van der Waals surface area contributed by atoms with Gasteiger partial charge in [-0.3, -0.25) is 4.79 Å². The van der Waals surface area contributed by atoms with Gasteiger partial charge in [0.2, 0.25) is 0 Å². The summed E-state index contributed by atoms with van der Waals surface area (Å²) in [6, 6.07) is 0. The molecule has 0 saturated heterocycles. The summed E-state index contributed by atoms with van der Waals surface area (Å²) in [6.45, 7) is 9.35. The number of hydrogen-bond donors (Lipinski definition) is 1. The highest BCUT2D eigenvalue weighted by atomic mass is 16.3. The van der Waals surface area contributed by atoms with E-state index in [0.717, 1.165) is 12.8 Å². The smallest absolute Gasteiger partial charge is 0.178 e. The third kappa shape index (κ3) is 2.01. The molecule has 132 valence electrons. The van der Waals surface area contributed by atoms with Crippen LogP contribution >= 0.6 is 0 Å². The molecular formula is C22H32O2. The molecule has 2 heteroatoms. The molecule has 0 bridgehead atoms. The van der Waals surface area contributed by atoms with E-state index in [0.29, 0.717) is 29.6 Å². The molecular weight excluding hydrogens is 296 g/mol. The molecule has 2 nitrogen and oxygen atoms in total. The number of fused-ring (bicyclic) bond motifs is 5. The van der Waals surface area contributed by atoms with Crippen LogP contribution in [-0.2, 0) is 4.79 Å². The molecule has 0 aliphatic heterocycles. The lowest BCUT2D eigenvalue weighted by atomic mass is 9.46. The normalized spacial score (nSPS) is 50.3. The van der Waals surface area contributed by atoms with E-state index in [2.05, 4.69) is 33.8 Å². The molecule has 0 spiro atoms. The van der Waals surface area contributed by atoms with Crippen LogP contribution in [0.5, 0.6) is 0 Å². The van der Waals surface area contributed by atoms with E-state index in [1.807, 2.05) is 6.08 Å². The first kappa shape index (κ1) is 16.6. The van der Waals surface area contributed by atoms with Crippen molar-refractivity contribution in [1.82, 2.24) is 0 Å². The quantitative estimate of drug-likeness (QED) is 0.767. The Kier molecular flexibility index (Phi) is 3.66. The minimum absolute atomic E-state index is 0.0188. The van der Waals surface area contributed by atoms with E-state index < -0.39 is 0 Å². The number of ketones is 1. The van der Waals surface area contributed by atoms with E-state index >= 15 is 0 Å². The van der Waals surface area contributed by atoms with E-state index in [9.17, 15) is 9.90 Å². The van der Waals surface area contributed by atoms with Crippen LogP contribution in [0.4, 0.5) is 0 Å². The van der Waals surface area contributed by atoms with Gasteiger partial charge < -0.3 is 5.11 Å². The van der Waals surface area contributed by atoms with E-state index in [-0.39, 0.29) is 22.7 Å². The summed E-state index contributed by atoms with van der Waals surface area (Å²) in [4.78, 5) is 11.8. The number of rotatable bonds is 1. The van der Waals surface area contributed by atoms with Crippen LogP contribution in [0.3, 0.4) is 0 Å². The van der Waals surface area contributed by atoms with Crippen molar-refractivity contribution < 1.29 is 9.90 Å². The van der Waals surface area contributed by atoms with Crippen molar-refractivity contribution in [3.8, 4) is 0 Å². The molecule has 0 amide bonds. The molecule has 0 aromatic heterocycles. The predicted molar refractivity (Wildman–Crippen MR) is 96.3 cm³/mol. The van der Waals surface area contributed by atoms with Crippen molar-refractivity contribution in [2.24, 2.45) is 40.4 Å². The Morgan fingerprint density at radius 3 is 2.62 bits per heavy atom. The second kappa shape index (κ2) is 5.30. The van der Waals surface area contributed by atoms with E-state index in [1.54, 1.807) is 6.08 Å². The first-order valence-electron chi connectivity index (χ1n) is 9.90. The van der Waals surface area contributed by atoms with Gasteiger partial charge in [-0.05, 0) is 79.3 Å². The first-order valence-corrected chi connectivity index (χ1v) is 9.90. The standard InChI is InChI=1S/C22H32O2/c1-13(2)17-7-8-18-16-6-5-14-11-15(23)9-10-21(14,3)19(16)12-20(24)22(17,18)4/h9-11,13,16-20,24H,5-8,12H2,1-4H3/t16-,17+,18-,19-,20-,21-,22+/m0/s1. The van der Waals surface area contributed by atoms with Crippen LogP contribution in [0.15, 0.2) is 23.8 Å².